The number of rotatable bonds is 4. The Morgan fingerprint density at radius 1 is 1.22 bits per heavy atom. The van der Waals surface area contributed by atoms with E-state index >= 15 is 0 Å². The van der Waals surface area contributed by atoms with Gasteiger partial charge in [0.2, 0.25) is 0 Å². The molecule has 1 aromatic heterocycles. The van der Waals surface area contributed by atoms with Gasteiger partial charge in [0.15, 0.2) is 5.13 Å². The smallest absolute Gasteiger partial charge is 0.257 e. The molecule has 3 aromatic rings. The van der Waals surface area contributed by atoms with Crippen LogP contribution in [0.2, 0.25) is 5.02 Å². The van der Waals surface area contributed by atoms with Gasteiger partial charge in [-0.3, -0.25) is 10.1 Å². The summed E-state index contributed by atoms with van der Waals surface area (Å²) in [5.74, 6) is -0.166. The topological polar surface area (TPSA) is 42.0 Å². The lowest BCUT2D eigenvalue weighted by Gasteiger charge is -2.01. The Labute approximate surface area is 151 Å². The maximum absolute atomic E-state index is 12.2. The van der Waals surface area contributed by atoms with E-state index in [4.69, 9.17) is 11.6 Å². The summed E-state index contributed by atoms with van der Waals surface area (Å²) in [5.41, 5.74) is 1.71. The van der Waals surface area contributed by atoms with Crippen LogP contribution in [0.5, 0.6) is 0 Å². The van der Waals surface area contributed by atoms with Gasteiger partial charge in [0, 0.05) is 32.6 Å². The minimum atomic E-state index is -0.166. The largest absolute Gasteiger partial charge is 0.298 e. The summed E-state index contributed by atoms with van der Waals surface area (Å²) in [7, 11) is 0. The number of benzene rings is 2. The standard InChI is InChI=1S/C17H12BrClN2OS/c18-13-6-4-12(5-7-13)16(22)21-17-20-10-15(23-17)9-11-2-1-3-14(19)8-11/h1-8,10H,9H2,(H,20,21,22). The summed E-state index contributed by atoms with van der Waals surface area (Å²) in [6.07, 6.45) is 2.52. The third-order valence-corrected chi connectivity index (χ3v) is 4.82. The predicted octanol–water partition coefficient (Wildman–Crippen LogP) is 5.40. The van der Waals surface area contributed by atoms with Crippen molar-refractivity contribution >= 4 is 49.9 Å². The van der Waals surface area contributed by atoms with Gasteiger partial charge in [0.1, 0.15) is 0 Å². The first-order valence-corrected chi connectivity index (χ1v) is 8.85. The molecule has 0 bridgehead atoms. The number of aromatic nitrogens is 1. The van der Waals surface area contributed by atoms with Crippen molar-refractivity contribution in [3.05, 3.63) is 80.2 Å². The van der Waals surface area contributed by atoms with Crippen LogP contribution < -0.4 is 5.32 Å². The number of carbonyl (C=O) groups excluding carboxylic acids is 1. The van der Waals surface area contributed by atoms with Crippen molar-refractivity contribution in [3.63, 3.8) is 0 Å². The molecular weight excluding hydrogens is 396 g/mol. The molecule has 1 heterocycles. The third-order valence-electron chi connectivity index (χ3n) is 3.15. The summed E-state index contributed by atoms with van der Waals surface area (Å²) in [4.78, 5) is 17.5. The van der Waals surface area contributed by atoms with Crippen LogP contribution in [0.15, 0.2) is 59.2 Å². The number of amides is 1. The molecule has 0 fully saturated rings. The highest BCUT2D eigenvalue weighted by molar-refractivity contribution is 9.10. The zero-order valence-electron chi connectivity index (χ0n) is 11.9. The maximum Gasteiger partial charge on any atom is 0.257 e. The van der Waals surface area contributed by atoms with Crippen LogP contribution in [-0.2, 0) is 6.42 Å². The van der Waals surface area contributed by atoms with E-state index < -0.39 is 0 Å². The van der Waals surface area contributed by atoms with Crippen LogP contribution >= 0.6 is 38.9 Å². The molecule has 1 N–H and O–H groups in total. The van der Waals surface area contributed by atoms with E-state index in [9.17, 15) is 4.79 Å². The van der Waals surface area contributed by atoms with E-state index in [-0.39, 0.29) is 5.91 Å². The molecule has 0 saturated heterocycles. The number of halogens is 2. The van der Waals surface area contributed by atoms with Crippen molar-refractivity contribution in [1.82, 2.24) is 4.98 Å². The third kappa shape index (κ3) is 4.41. The summed E-state index contributed by atoms with van der Waals surface area (Å²) in [6, 6.07) is 14.9. The summed E-state index contributed by atoms with van der Waals surface area (Å²) in [6.45, 7) is 0. The number of carbonyl (C=O) groups is 1. The molecule has 3 nitrogen and oxygen atoms in total. The molecule has 0 aliphatic rings. The predicted molar refractivity (Wildman–Crippen MR) is 98.5 cm³/mol. The van der Waals surface area contributed by atoms with E-state index in [0.29, 0.717) is 10.7 Å². The molecule has 23 heavy (non-hydrogen) atoms. The average molecular weight is 408 g/mol. The summed E-state index contributed by atoms with van der Waals surface area (Å²) in [5, 5.41) is 4.13. The number of hydrogen-bond acceptors (Lipinski definition) is 3. The molecule has 6 heteroatoms. The molecule has 0 unspecified atom stereocenters. The van der Waals surface area contributed by atoms with Gasteiger partial charge >= 0.3 is 0 Å². The molecule has 1 amide bonds. The Hall–Kier alpha value is -1.69. The molecule has 116 valence electrons. The van der Waals surface area contributed by atoms with Gasteiger partial charge in [-0.05, 0) is 42.0 Å². The normalized spacial score (nSPS) is 10.5. The quantitative estimate of drug-likeness (QED) is 0.629. The lowest BCUT2D eigenvalue weighted by molar-refractivity contribution is 0.102. The van der Waals surface area contributed by atoms with Crippen molar-refractivity contribution in [2.24, 2.45) is 0 Å². The Balaban J connectivity index is 1.67. The number of hydrogen-bond donors (Lipinski definition) is 1. The van der Waals surface area contributed by atoms with Gasteiger partial charge < -0.3 is 0 Å². The van der Waals surface area contributed by atoms with Crippen molar-refractivity contribution in [2.75, 3.05) is 5.32 Å². The van der Waals surface area contributed by atoms with E-state index in [1.807, 2.05) is 36.4 Å². The van der Waals surface area contributed by atoms with Crippen LogP contribution in [0, 0.1) is 0 Å². The molecule has 0 saturated carbocycles. The second kappa shape index (κ2) is 7.25. The fourth-order valence-electron chi connectivity index (χ4n) is 2.07. The maximum atomic E-state index is 12.2. The Bertz CT molecular complexity index is 833. The molecular formula is C17H12BrClN2OS. The van der Waals surface area contributed by atoms with E-state index in [1.165, 1.54) is 11.3 Å². The first-order chi connectivity index (χ1) is 11.1. The number of nitrogens with zero attached hydrogens (tertiary/aromatic N) is 1. The second-order valence-electron chi connectivity index (χ2n) is 4.90. The van der Waals surface area contributed by atoms with Crippen LogP contribution in [0.1, 0.15) is 20.8 Å². The Kier molecular flexibility index (Phi) is 5.10. The fourth-order valence-corrected chi connectivity index (χ4v) is 3.38. The van der Waals surface area contributed by atoms with Gasteiger partial charge in [-0.25, -0.2) is 4.98 Å². The Morgan fingerprint density at radius 2 is 2.00 bits per heavy atom. The van der Waals surface area contributed by atoms with Crippen molar-refractivity contribution in [3.8, 4) is 0 Å². The van der Waals surface area contributed by atoms with Gasteiger partial charge in [0.25, 0.3) is 5.91 Å². The summed E-state index contributed by atoms with van der Waals surface area (Å²) < 4.78 is 0.937. The lowest BCUT2D eigenvalue weighted by Crippen LogP contribution is -2.11. The van der Waals surface area contributed by atoms with Crippen molar-refractivity contribution in [2.45, 2.75) is 6.42 Å². The zero-order chi connectivity index (χ0) is 16.2. The second-order valence-corrected chi connectivity index (χ2v) is 7.37. The van der Waals surface area contributed by atoms with Crippen LogP contribution in [-0.4, -0.2) is 10.9 Å². The Morgan fingerprint density at radius 3 is 2.74 bits per heavy atom. The van der Waals surface area contributed by atoms with Crippen molar-refractivity contribution < 1.29 is 4.79 Å². The van der Waals surface area contributed by atoms with Gasteiger partial charge in [-0.1, -0.05) is 39.7 Å². The van der Waals surface area contributed by atoms with Gasteiger partial charge in [0.05, 0.1) is 0 Å². The monoisotopic (exact) mass is 406 g/mol. The number of nitrogens with one attached hydrogen (secondary N) is 1. The average Bonchev–Trinajstić information content (AvgIpc) is 2.95. The lowest BCUT2D eigenvalue weighted by atomic mass is 10.1. The first kappa shape index (κ1) is 16.2. The van der Waals surface area contributed by atoms with Crippen LogP contribution in [0.3, 0.4) is 0 Å². The summed E-state index contributed by atoms with van der Waals surface area (Å²) >= 11 is 10.8. The highest BCUT2D eigenvalue weighted by Gasteiger charge is 2.09. The molecule has 0 atom stereocenters. The number of anilines is 1. The van der Waals surface area contributed by atoms with E-state index in [2.05, 4.69) is 26.2 Å². The van der Waals surface area contributed by atoms with E-state index in [0.717, 1.165) is 26.4 Å². The highest BCUT2D eigenvalue weighted by atomic mass is 79.9. The molecule has 0 radical (unpaired) electrons. The van der Waals surface area contributed by atoms with Crippen LogP contribution in [0.4, 0.5) is 5.13 Å². The molecule has 0 spiro atoms. The van der Waals surface area contributed by atoms with Gasteiger partial charge in [-0.2, -0.15) is 0 Å². The number of thiazole rings is 1. The molecule has 0 aliphatic heterocycles. The minimum Gasteiger partial charge on any atom is -0.298 e. The van der Waals surface area contributed by atoms with Gasteiger partial charge in [-0.15, -0.1) is 11.3 Å². The molecule has 0 aliphatic carbocycles. The van der Waals surface area contributed by atoms with Crippen molar-refractivity contribution in [1.29, 1.82) is 0 Å². The fraction of sp³-hybridized carbons (Fsp3) is 0.0588. The molecule has 2 aromatic carbocycles. The zero-order valence-corrected chi connectivity index (χ0v) is 15.1. The molecule has 3 rings (SSSR count). The highest BCUT2D eigenvalue weighted by Crippen LogP contribution is 2.23. The van der Waals surface area contributed by atoms with Crippen LogP contribution in [0.25, 0.3) is 0 Å². The minimum absolute atomic E-state index is 0.166. The first-order valence-electron chi connectivity index (χ1n) is 6.86. The SMILES string of the molecule is O=C(Nc1ncc(Cc2cccc(Cl)c2)s1)c1ccc(Br)cc1. The van der Waals surface area contributed by atoms with E-state index in [1.54, 1.807) is 18.3 Å².